The number of hydrogen-bond donors (Lipinski definition) is 0. The second-order valence-corrected chi connectivity index (χ2v) is 8.44. The van der Waals surface area contributed by atoms with Crippen molar-refractivity contribution >= 4 is 22.6 Å². The van der Waals surface area contributed by atoms with Crippen molar-refractivity contribution in [2.75, 3.05) is 18.8 Å². The molecule has 0 N–H and O–H groups in total. The van der Waals surface area contributed by atoms with Crippen LogP contribution in [-0.4, -0.2) is 49.6 Å². The van der Waals surface area contributed by atoms with E-state index in [0.29, 0.717) is 13.1 Å². The SMILES string of the molecule is CC(C)(C)OC(=O)N1CCC[C@H](C[S@@](=O)c2ncccc2[N+](=O)[O-])C1. The Morgan fingerprint density at radius 3 is 2.88 bits per heavy atom. The van der Waals surface area contributed by atoms with Crippen LogP contribution in [0.4, 0.5) is 10.5 Å². The lowest BCUT2D eigenvalue weighted by Crippen LogP contribution is -2.44. The average Bonchev–Trinajstić information content (AvgIpc) is 2.53. The van der Waals surface area contributed by atoms with E-state index in [1.165, 1.54) is 18.3 Å². The van der Waals surface area contributed by atoms with Gasteiger partial charge < -0.3 is 9.64 Å². The van der Waals surface area contributed by atoms with Crippen molar-refractivity contribution < 1.29 is 18.7 Å². The molecule has 1 aliphatic rings. The molecule has 9 heteroatoms. The zero-order valence-electron chi connectivity index (χ0n) is 14.6. The molecule has 2 rings (SSSR count). The summed E-state index contributed by atoms with van der Waals surface area (Å²) in [6, 6.07) is 2.75. The van der Waals surface area contributed by atoms with E-state index < -0.39 is 21.3 Å². The normalized spacial score (nSPS) is 19.3. The molecule has 2 atom stereocenters. The summed E-state index contributed by atoms with van der Waals surface area (Å²) >= 11 is 0. The first-order chi connectivity index (χ1) is 11.7. The minimum Gasteiger partial charge on any atom is -0.444 e. The number of piperidine rings is 1. The van der Waals surface area contributed by atoms with Gasteiger partial charge in [-0.2, -0.15) is 0 Å². The van der Waals surface area contributed by atoms with Crippen LogP contribution in [0.5, 0.6) is 0 Å². The molecule has 8 nitrogen and oxygen atoms in total. The molecule has 0 bridgehead atoms. The maximum atomic E-state index is 12.6. The van der Waals surface area contributed by atoms with E-state index in [4.69, 9.17) is 4.74 Å². The fourth-order valence-corrected chi connectivity index (χ4v) is 4.10. The zero-order valence-corrected chi connectivity index (χ0v) is 15.5. The van der Waals surface area contributed by atoms with Gasteiger partial charge in [-0.15, -0.1) is 0 Å². The number of aromatic nitrogens is 1. The fourth-order valence-electron chi connectivity index (χ4n) is 2.68. The number of pyridine rings is 1. The van der Waals surface area contributed by atoms with Crippen LogP contribution in [0.25, 0.3) is 0 Å². The number of ether oxygens (including phenoxy) is 1. The Bertz CT molecular complexity index is 674. The van der Waals surface area contributed by atoms with Gasteiger partial charge in [0.25, 0.3) is 0 Å². The van der Waals surface area contributed by atoms with E-state index >= 15 is 0 Å². The highest BCUT2D eigenvalue weighted by Gasteiger charge is 2.30. The second kappa shape index (κ2) is 7.90. The predicted octanol–water partition coefficient (Wildman–Crippen LogP) is 2.74. The van der Waals surface area contributed by atoms with Crippen LogP contribution in [0.2, 0.25) is 0 Å². The van der Waals surface area contributed by atoms with Gasteiger partial charge in [-0.1, -0.05) is 0 Å². The first kappa shape index (κ1) is 19.3. The summed E-state index contributed by atoms with van der Waals surface area (Å²) < 4.78 is 17.9. The summed E-state index contributed by atoms with van der Waals surface area (Å²) in [6.07, 6.45) is 2.61. The number of carbonyl (C=O) groups excluding carboxylic acids is 1. The van der Waals surface area contributed by atoms with Gasteiger partial charge >= 0.3 is 11.8 Å². The third-order valence-electron chi connectivity index (χ3n) is 3.72. The molecule has 0 unspecified atom stereocenters. The summed E-state index contributed by atoms with van der Waals surface area (Å²) in [4.78, 5) is 28.2. The van der Waals surface area contributed by atoms with E-state index in [0.717, 1.165) is 12.8 Å². The average molecular weight is 369 g/mol. The van der Waals surface area contributed by atoms with Crippen LogP contribution in [0, 0.1) is 16.0 Å². The largest absolute Gasteiger partial charge is 0.444 e. The molecule has 0 aromatic carbocycles. The number of nitrogens with zero attached hydrogens (tertiary/aromatic N) is 3. The summed E-state index contributed by atoms with van der Waals surface area (Å²) in [5.41, 5.74) is -0.804. The summed E-state index contributed by atoms with van der Waals surface area (Å²) in [6.45, 7) is 6.45. The highest BCUT2D eigenvalue weighted by atomic mass is 32.2. The number of hydrogen-bond acceptors (Lipinski definition) is 6. The first-order valence-corrected chi connectivity index (χ1v) is 9.45. The lowest BCUT2D eigenvalue weighted by molar-refractivity contribution is -0.388. The molecule has 1 saturated heterocycles. The van der Waals surface area contributed by atoms with Crippen molar-refractivity contribution in [2.45, 2.75) is 44.2 Å². The van der Waals surface area contributed by atoms with Gasteiger partial charge in [0, 0.05) is 31.1 Å². The lowest BCUT2D eigenvalue weighted by Gasteiger charge is -2.33. The van der Waals surface area contributed by atoms with Gasteiger partial charge in [0.2, 0.25) is 5.03 Å². The van der Waals surface area contributed by atoms with E-state index in [-0.39, 0.29) is 28.5 Å². The molecule has 1 aromatic heterocycles. The second-order valence-electron chi connectivity index (χ2n) is 7.03. The number of likely N-dealkylation sites (tertiary alicyclic amines) is 1. The van der Waals surface area contributed by atoms with Gasteiger partial charge in [0.1, 0.15) is 5.60 Å². The third-order valence-corrected chi connectivity index (χ3v) is 5.24. The molecule has 1 aliphatic heterocycles. The third kappa shape index (κ3) is 5.48. The Labute approximate surface area is 149 Å². The monoisotopic (exact) mass is 369 g/mol. The van der Waals surface area contributed by atoms with E-state index in [9.17, 15) is 19.1 Å². The van der Waals surface area contributed by atoms with Crippen molar-refractivity contribution in [3.05, 3.63) is 28.4 Å². The quantitative estimate of drug-likeness (QED) is 0.597. The van der Waals surface area contributed by atoms with Crippen LogP contribution in [-0.2, 0) is 15.5 Å². The Morgan fingerprint density at radius 1 is 1.52 bits per heavy atom. The van der Waals surface area contributed by atoms with Gasteiger partial charge in [0.05, 0.1) is 15.7 Å². The van der Waals surface area contributed by atoms with Crippen molar-refractivity contribution in [1.29, 1.82) is 0 Å². The summed E-state index contributed by atoms with van der Waals surface area (Å²) in [5, 5.41) is 11.0. The van der Waals surface area contributed by atoms with Crippen LogP contribution in [0.3, 0.4) is 0 Å². The van der Waals surface area contributed by atoms with Crippen molar-refractivity contribution in [3.8, 4) is 0 Å². The topological polar surface area (TPSA) is 103 Å². The molecular formula is C16H23N3O5S. The van der Waals surface area contributed by atoms with Crippen LogP contribution < -0.4 is 0 Å². The highest BCUT2D eigenvalue weighted by Crippen LogP contribution is 2.24. The predicted molar refractivity (Wildman–Crippen MR) is 92.7 cm³/mol. The Kier molecular flexibility index (Phi) is 6.10. The van der Waals surface area contributed by atoms with Crippen LogP contribution in [0.1, 0.15) is 33.6 Å². The molecule has 1 aromatic rings. The van der Waals surface area contributed by atoms with Gasteiger partial charge in [-0.25, -0.2) is 9.78 Å². The van der Waals surface area contributed by atoms with E-state index in [1.54, 1.807) is 4.90 Å². The Balaban J connectivity index is 2.02. The Hall–Kier alpha value is -2.03. The molecule has 0 radical (unpaired) electrons. The smallest absolute Gasteiger partial charge is 0.410 e. The maximum absolute atomic E-state index is 12.6. The van der Waals surface area contributed by atoms with E-state index in [2.05, 4.69) is 4.98 Å². The molecule has 2 heterocycles. The van der Waals surface area contributed by atoms with Crippen LogP contribution >= 0.6 is 0 Å². The van der Waals surface area contributed by atoms with Gasteiger partial charge in [0.15, 0.2) is 0 Å². The zero-order chi connectivity index (χ0) is 18.6. The maximum Gasteiger partial charge on any atom is 0.410 e. The number of amides is 1. The standard InChI is InChI=1S/C16H23N3O5S/c1-16(2,3)24-15(20)18-9-5-6-12(10-18)11-25(23)14-13(19(21)22)7-4-8-17-14/h4,7-8,12H,5-6,9-11H2,1-3H3/t12-,25+/m0/s1. The Morgan fingerprint density at radius 2 is 2.24 bits per heavy atom. The van der Waals surface area contributed by atoms with E-state index in [1.807, 2.05) is 20.8 Å². The van der Waals surface area contributed by atoms with Gasteiger partial charge in [-0.3, -0.25) is 14.3 Å². The molecule has 0 saturated carbocycles. The summed E-state index contributed by atoms with van der Waals surface area (Å²) in [5.74, 6) is 0.223. The first-order valence-electron chi connectivity index (χ1n) is 8.13. The molecule has 1 fully saturated rings. The highest BCUT2D eigenvalue weighted by molar-refractivity contribution is 7.85. The molecule has 138 valence electrons. The molecule has 0 aliphatic carbocycles. The van der Waals surface area contributed by atoms with Crippen molar-refractivity contribution in [3.63, 3.8) is 0 Å². The summed E-state index contributed by atoms with van der Waals surface area (Å²) in [7, 11) is -1.59. The van der Waals surface area contributed by atoms with Crippen molar-refractivity contribution in [1.82, 2.24) is 9.88 Å². The van der Waals surface area contributed by atoms with Crippen molar-refractivity contribution in [2.24, 2.45) is 5.92 Å². The van der Waals surface area contributed by atoms with Gasteiger partial charge in [-0.05, 0) is 45.6 Å². The molecular weight excluding hydrogens is 346 g/mol. The molecule has 25 heavy (non-hydrogen) atoms. The number of nitro groups is 1. The fraction of sp³-hybridized carbons (Fsp3) is 0.625. The van der Waals surface area contributed by atoms with Crippen LogP contribution in [0.15, 0.2) is 23.4 Å². The number of carbonyl (C=O) groups is 1. The molecule has 0 spiro atoms. The minimum atomic E-state index is -1.59. The molecule has 1 amide bonds. The number of rotatable bonds is 4. The lowest BCUT2D eigenvalue weighted by atomic mass is 10.0. The minimum absolute atomic E-state index is 0.0105.